The molecule has 1 saturated heterocycles. The van der Waals surface area contributed by atoms with Gasteiger partial charge in [0.15, 0.2) is 5.82 Å². The number of aromatic nitrogens is 6. The Kier molecular flexibility index (Phi) is 7.01. The van der Waals surface area contributed by atoms with Gasteiger partial charge in [0.2, 0.25) is 0 Å². The third-order valence-corrected chi connectivity index (χ3v) is 6.86. The summed E-state index contributed by atoms with van der Waals surface area (Å²) in [7, 11) is 0. The van der Waals surface area contributed by atoms with Gasteiger partial charge in [-0.25, -0.2) is 18.7 Å². The lowest BCUT2D eigenvalue weighted by atomic mass is 9.92. The molecule has 5 rings (SSSR count). The van der Waals surface area contributed by atoms with Gasteiger partial charge in [-0.2, -0.15) is 5.10 Å². The molecule has 5 atom stereocenters. The van der Waals surface area contributed by atoms with E-state index < -0.39 is 42.9 Å². The van der Waals surface area contributed by atoms with Gasteiger partial charge >= 0.3 is 0 Å². The van der Waals surface area contributed by atoms with Crippen molar-refractivity contribution in [3.05, 3.63) is 75.7 Å². The lowest BCUT2D eigenvalue weighted by Crippen LogP contribution is -2.53. The molecule has 4 aromatic rings. The highest BCUT2D eigenvalue weighted by Gasteiger charge is 2.48. The Morgan fingerprint density at radius 1 is 1.08 bits per heavy atom. The molecule has 37 heavy (non-hydrogen) atoms. The van der Waals surface area contributed by atoms with Crippen LogP contribution in [0.15, 0.2) is 42.6 Å². The van der Waals surface area contributed by atoms with Gasteiger partial charge in [0.05, 0.1) is 23.5 Å². The molecule has 1 aliphatic rings. The van der Waals surface area contributed by atoms with Gasteiger partial charge in [0.25, 0.3) is 0 Å². The highest BCUT2D eigenvalue weighted by molar-refractivity contribution is 6.31. The van der Waals surface area contributed by atoms with Crippen LogP contribution in [0, 0.1) is 19.7 Å². The van der Waals surface area contributed by atoms with E-state index in [1.165, 1.54) is 27.7 Å². The van der Waals surface area contributed by atoms with E-state index in [-0.39, 0.29) is 10.8 Å². The van der Waals surface area contributed by atoms with Gasteiger partial charge in [-0.1, -0.05) is 40.5 Å². The number of ether oxygens (including phenoxy) is 1. The summed E-state index contributed by atoms with van der Waals surface area (Å²) >= 11 is 12.0. The molecule has 13 heteroatoms. The predicted molar refractivity (Wildman–Crippen MR) is 132 cm³/mol. The smallest absolute Gasteiger partial charge is 0.164 e. The first kappa shape index (κ1) is 25.7. The molecular formula is C24H23Cl2FN6O4. The number of aliphatic hydroxyl groups excluding tert-OH is 3. The molecule has 10 nitrogen and oxygen atoms in total. The van der Waals surface area contributed by atoms with Crippen molar-refractivity contribution >= 4 is 23.2 Å². The van der Waals surface area contributed by atoms with Crippen molar-refractivity contribution in [2.24, 2.45) is 0 Å². The number of halogens is 3. The molecule has 0 spiro atoms. The average Bonchev–Trinajstić information content (AvgIpc) is 3.50. The third-order valence-electron chi connectivity index (χ3n) is 6.32. The van der Waals surface area contributed by atoms with E-state index in [1.54, 1.807) is 25.1 Å². The van der Waals surface area contributed by atoms with Gasteiger partial charge in [-0.3, -0.25) is 0 Å². The Hall–Kier alpha value is -2.93. The fraction of sp³-hybridized carbons (Fsp3) is 0.333. The lowest BCUT2D eigenvalue weighted by molar-refractivity contribution is -0.210. The van der Waals surface area contributed by atoms with Gasteiger partial charge < -0.3 is 20.1 Å². The van der Waals surface area contributed by atoms with E-state index in [0.29, 0.717) is 27.8 Å². The van der Waals surface area contributed by atoms with E-state index in [0.717, 1.165) is 5.56 Å². The quantitative estimate of drug-likeness (QED) is 0.347. The summed E-state index contributed by atoms with van der Waals surface area (Å²) in [5, 5.41) is 45.4. The molecule has 3 N–H and O–H groups in total. The highest BCUT2D eigenvalue weighted by Crippen LogP contribution is 2.39. The maximum atomic E-state index is 14.0. The number of nitrogens with zero attached hydrogens (tertiary/aromatic N) is 6. The molecule has 0 amide bonds. The van der Waals surface area contributed by atoms with Crippen molar-refractivity contribution < 1.29 is 24.4 Å². The zero-order valence-electron chi connectivity index (χ0n) is 19.7. The summed E-state index contributed by atoms with van der Waals surface area (Å²) in [6.45, 7) is 3.04. The van der Waals surface area contributed by atoms with Crippen LogP contribution in [0.25, 0.3) is 16.9 Å². The Balaban J connectivity index is 1.55. The fourth-order valence-electron chi connectivity index (χ4n) is 4.44. The van der Waals surface area contributed by atoms with Crippen molar-refractivity contribution in [2.45, 2.75) is 44.3 Å². The Morgan fingerprint density at radius 3 is 2.59 bits per heavy atom. The summed E-state index contributed by atoms with van der Waals surface area (Å²) in [5.74, 6) is 0.0540. The van der Waals surface area contributed by atoms with E-state index in [9.17, 15) is 19.7 Å². The number of hydrogen-bond acceptors (Lipinski definition) is 8. The zero-order chi connectivity index (χ0) is 26.4. The number of aryl methyl sites for hydroxylation is 2. The van der Waals surface area contributed by atoms with Gasteiger partial charge in [0, 0.05) is 10.6 Å². The summed E-state index contributed by atoms with van der Waals surface area (Å²) in [6, 6.07) is 8.40. The predicted octanol–water partition coefficient (Wildman–Crippen LogP) is 2.98. The Morgan fingerprint density at radius 2 is 1.86 bits per heavy atom. The van der Waals surface area contributed by atoms with Crippen LogP contribution in [0.3, 0.4) is 0 Å². The second-order valence-electron chi connectivity index (χ2n) is 8.82. The monoisotopic (exact) mass is 548 g/mol. The maximum absolute atomic E-state index is 14.0. The summed E-state index contributed by atoms with van der Waals surface area (Å²) < 4.78 is 22.7. The minimum atomic E-state index is -1.38. The average molecular weight is 549 g/mol. The summed E-state index contributed by atoms with van der Waals surface area (Å²) in [4.78, 5) is 4.49. The van der Waals surface area contributed by atoms with Crippen LogP contribution in [-0.2, 0) is 4.74 Å². The minimum Gasteiger partial charge on any atom is -0.394 e. The second-order valence-corrected chi connectivity index (χ2v) is 9.67. The largest absolute Gasteiger partial charge is 0.394 e. The van der Waals surface area contributed by atoms with Crippen LogP contribution < -0.4 is 0 Å². The Bertz CT molecular complexity index is 1450. The molecule has 1 aliphatic heterocycles. The van der Waals surface area contributed by atoms with Crippen molar-refractivity contribution in [2.75, 3.05) is 6.61 Å². The van der Waals surface area contributed by atoms with E-state index in [1.807, 2.05) is 13.0 Å². The molecule has 1 fully saturated rings. The number of aliphatic hydroxyl groups is 3. The first-order valence-electron chi connectivity index (χ1n) is 11.4. The van der Waals surface area contributed by atoms with Gasteiger partial charge in [0.1, 0.15) is 47.8 Å². The molecule has 2 aromatic carbocycles. The molecular weight excluding hydrogens is 526 g/mol. The maximum Gasteiger partial charge on any atom is 0.164 e. The minimum absolute atomic E-state index is 0.0330. The molecule has 0 saturated carbocycles. The number of hydrogen-bond donors (Lipinski definition) is 3. The van der Waals surface area contributed by atoms with Gasteiger partial charge in [-0.15, -0.1) is 5.10 Å². The van der Waals surface area contributed by atoms with Crippen LogP contribution in [0.1, 0.15) is 29.4 Å². The highest BCUT2D eigenvalue weighted by atomic mass is 35.5. The standard InChI is InChI=1S/C24H23Cl2FN6O4/c1-11-3-5-14(25)8-18(11)33-24(28-12(2)30-33)23-22(36)20(21(35)19(10-34)37-23)32-9-17(29-31-32)13-4-6-15(26)16(27)7-13/h3-9,19-23,34-36H,10H2,1-2H3/t19-,20+,21+,22-,23-/m1/s1. The lowest BCUT2D eigenvalue weighted by Gasteiger charge is -2.41. The van der Waals surface area contributed by atoms with Crippen molar-refractivity contribution in [3.63, 3.8) is 0 Å². The van der Waals surface area contributed by atoms with Crippen LogP contribution in [-0.4, -0.2) is 70.0 Å². The van der Waals surface area contributed by atoms with E-state index >= 15 is 0 Å². The van der Waals surface area contributed by atoms with Crippen LogP contribution >= 0.6 is 23.2 Å². The van der Waals surface area contributed by atoms with Crippen LogP contribution in [0.4, 0.5) is 4.39 Å². The van der Waals surface area contributed by atoms with Crippen molar-refractivity contribution in [3.8, 4) is 16.9 Å². The third kappa shape index (κ3) is 4.74. The Labute approximate surface area is 220 Å². The van der Waals surface area contributed by atoms with Crippen molar-refractivity contribution in [1.82, 2.24) is 29.8 Å². The SMILES string of the molecule is Cc1nc([C@@H]2O[C@H](CO)[C@H](O)[C@H](n3cc(-c4ccc(Cl)c(F)c4)nn3)[C@H]2O)n(-c2cc(Cl)ccc2C)n1. The normalized spacial score (nSPS) is 23.9. The fourth-order valence-corrected chi connectivity index (χ4v) is 4.73. The van der Waals surface area contributed by atoms with Crippen LogP contribution in [0.2, 0.25) is 10.0 Å². The molecule has 3 heterocycles. The van der Waals surface area contributed by atoms with Crippen LogP contribution in [0.5, 0.6) is 0 Å². The topological polar surface area (TPSA) is 131 Å². The molecule has 2 aromatic heterocycles. The van der Waals surface area contributed by atoms with Gasteiger partial charge in [-0.05, 0) is 43.7 Å². The zero-order valence-corrected chi connectivity index (χ0v) is 21.2. The molecule has 0 bridgehead atoms. The first-order valence-corrected chi connectivity index (χ1v) is 12.1. The molecule has 0 radical (unpaired) electrons. The van der Waals surface area contributed by atoms with E-state index in [4.69, 9.17) is 27.9 Å². The molecule has 0 unspecified atom stereocenters. The molecule has 0 aliphatic carbocycles. The number of benzene rings is 2. The second kappa shape index (κ2) is 10.1. The van der Waals surface area contributed by atoms with Crippen molar-refractivity contribution in [1.29, 1.82) is 0 Å². The summed E-state index contributed by atoms with van der Waals surface area (Å²) in [6.07, 6.45) is -3.45. The van der Waals surface area contributed by atoms with E-state index in [2.05, 4.69) is 20.4 Å². The summed E-state index contributed by atoms with van der Waals surface area (Å²) in [5.41, 5.74) is 2.19. The molecule has 194 valence electrons. The first-order chi connectivity index (χ1) is 17.7. The number of rotatable bonds is 5.